The molecule has 1 rings (SSSR count). The van der Waals surface area contributed by atoms with Crippen molar-refractivity contribution >= 4 is 22.4 Å². The number of rotatable bonds is 9. The van der Waals surface area contributed by atoms with E-state index in [1.807, 2.05) is 0 Å². The summed E-state index contributed by atoms with van der Waals surface area (Å²) in [5.74, 6) is -0.522. The van der Waals surface area contributed by atoms with Crippen molar-refractivity contribution in [3.05, 3.63) is 11.1 Å². The molecule has 0 radical (unpaired) electrons. The molecule has 7 heteroatoms. The Bertz CT molecular complexity index is 395. The number of ether oxygens (including phenoxy) is 1. The molecule has 0 amide bonds. The van der Waals surface area contributed by atoms with Crippen LogP contribution in [0.4, 0.5) is 5.13 Å². The Morgan fingerprint density at radius 2 is 2.37 bits per heavy atom. The van der Waals surface area contributed by atoms with Crippen LogP contribution < -0.4 is 11.1 Å². The standard InChI is InChI=1S/C12H21N3O3S/c1-8(2)6-18-5-3-4-14-12-15-9(7-19-12)10(13)11(16)17/h7-8,10H,3-6,13H2,1-2H3,(H,14,15)(H,16,17). The number of carboxylic acids is 1. The van der Waals surface area contributed by atoms with Crippen LogP contribution in [0.15, 0.2) is 5.38 Å². The van der Waals surface area contributed by atoms with E-state index in [0.717, 1.165) is 19.6 Å². The lowest BCUT2D eigenvalue weighted by molar-refractivity contribution is -0.138. The highest BCUT2D eigenvalue weighted by Crippen LogP contribution is 2.19. The molecule has 0 saturated carbocycles. The summed E-state index contributed by atoms with van der Waals surface area (Å²) in [4.78, 5) is 14.8. The number of nitrogens with one attached hydrogen (secondary N) is 1. The number of aromatic nitrogens is 1. The molecule has 1 aromatic heterocycles. The lowest BCUT2D eigenvalue weighted by atomic mass is 10.2. The summed E-state index contributed by atoms with van der Waals surface area (Å²) >= 11 is 1.36. The van der Waals surface area contributed by atoms with Gasteiger partial charge in [-0.15, -0.1) is 11.3 Å². The number of thiazole rings is 1. The Morgan fingerprint density at radius 1 is 1.63 bits per heavy atom. The molecule has 1 heterocycles. The van der Waals surface area contributed by atoms with Gasteiger partial charge in [0.2, 0.25) is 0 Å². The van der Waals surface area contributed by atoms with Crippen LogP contribution in [0, 0.1) is 5.92 Å². The Morgan fingerprint density at radius 3 is 3.00 bits per heavy atom. The van der Waals surface area contributed by atoms with Crippen LogP contribution in [-0.2, 0) is 9.53 Å². The summed E-state index contributed by atoms with van der Waals surface area (Å²) < 4.78 is 5.45. The minimum atomic E-state index is -1.07. The van der Waals surface area contributed by atoms with Crippen molar-refractivity contribution in [3.8, 4) is 0 Å². The molecule has 0 fully saturated rings. The Labute approximate surface area is 117 Å². The van der Waals surface area contributed by atoms with Crippen molar-refractivity contribution in [2.75, 3.05) is 25.1 Å². The van der Waals surface area contributed by atoms with E-state index in [4.69, 9.17) is 15.6 Å². The van der Waals surface area contributed by atoms with Gasteiger partial charge in [-0.3, -0.25) is 4.79 Å². The molecule has 1 unspecified atom stereocenters. The first-order valence-corrected chi connectivity index (χ1v) is 7.14. The van der Waals surface area contributed by atoms with Gasteiger partial charge in [-0.05, 0) is 12.3 Å². The molecule has 4 N–H and O–H groups in total. The van der Waals surface area contributed by atoms with Crippen molar-refractivity contribution < 1.29 is 14.6 Å². The highest BCUT2D eigenvalue weighted by atomic mass is 32.1. The normalized spacial score (nSPS) is 12.6. The number of anilines is 1. The van der Waals surface area contributed by atoms with E-state index in [9.17, 15) is 4.79 Å². The maximum Gasteiger partial charge on any atom is 0.326 e. The summed E-state index contributed by atoms with van der Waals surface area (Å²) in [6.07, 6.45) is 0.882. The molecule has 1 aromatic rings. The molecule has 0 aliphatic heterocycles. The highest BCUT2D eigenvalue weighted by molar-refractivity contribution is 7.13. The van der Waals surface area contributed by atoms with Gasteiger partial charge in [-0.2, -0.15) is 0 Å². The van der Waals surface area contributed by atoms with Crippen LogP contribution in [0.2, 0.25) is 0 Å². The quantitative estimate of drug-likeness (QED) is 0.598. The van der Waals surface area contributed by atoms with E-state index in [2.05, 4.69) is 24.1 Å². The second kappa shape index (κ2) is 8.08. The molecule has 0 aliphatic carbocycles. The fourth-order valence-electron chi connectivity index (χ4n) is 1.33. The van der Waals surface area contributed by atoms with Gasteiger partial charge >= 0.3 is 5.97 Å². The number of hydrogen-bond donors (Lipinski definition) is 3. The van der Waals surface area contributed by atoms with Gasteiger partial charge < -0.3 is 20.9 Å². The Hall–Kier alpha value is -1.18. The maximum atomic E-state index is 10.7. The summed E-state index contributed by atoms with van der Waals surface area (Å²) in [6, 6.07) is -1.05. The number of hydrogen-bond acceptors (Lipinski definition) is 6. The third-order valence-electron chi connectivity index (χ3n) is 2.30. The third-order valence-corrected chi connectivity index (χ3v) is 3.12. The third kappa shape index (κ3) is 6.00. The molecular weight excluding hydrogens is 266 g/mol. The minimum absolute atomic E-state index is 0.385. The van der Waals surface area contributed by atoms with E-state index in [0.29, 0.717) is 23.4 Å². The first kappa shape index (κ1) is 15.9. The van der Waals surface area contributed by atoms with Gasteiger partial charge in [0.1, 0.15) is 6.04 Å². The average Bonchev–Trinajstić information content (AvgIpc) is 2.80. The lowest BCUT2D eigenvalue weighted by Gasteiger charge is -2.07. The summed E-state index contributed by atoms with van der Waals surface area (Å²) in [5, 5.41) is 14.2. The van der Waals surface area contributed by atoms with E-state index in [1.165, 1.54) is 11.3 Å². The van der Waals surface area contributed by atoms with Gasteiger partial charge in [0.15, 0.2) is 5.13 Å². The van der Waals surface area contributed by atoms with E-state index < -0.39 is 12.0 Å². The molecule has 19 heavy (non-hydrogen) atoms. The number of carboxylic acid groups (broad SMARTS) is 1. The zero-order valence-corrected chi connectivity index (χ0v) is 12.1. The second-order valence-corrected chi connectivity index (χ2v) is 5.50. The number of carbonyl (C=O) groups is 1. The van der Waals surface area contributed by atoms with E-state index in [-0.39, 0.29) is 0 Å². The van der Waals surface area contributed by atoms with Crippen molar-refractivity contribution in [3.63, 3.8) is 0 Å². The molecule has 1 atom stereocenters. The Kier molecular flexibility index (Phi) is 6.75. The van der Waals surface area contributed by atoms with Gasteiger partial charge in [0.05, 0.1) is 5.69 Å². The van der Waals surface area contributed by atoms with E-state index >= 15 is 0 Å². The van der Waals surface area contributed by atoms with Gasteiger partial charge in [0.25, 0.3) is 0 Å². The molecule has 0 bridgehead atoms. The second-order valence-electron chi connectivity index (χ2n) is 4.64. The van der Waals surface area contributed by atoms with Gasteiger partial charge in [-0.25, -0.2) is 4.98 Å². The number of aliphatic carboxylic acids is 1. The Balaban J connectivity index is 2.22. The fourth-order valence-corrected chi connectivity index (χ4v) is 2.10. The fraction of sp³-hybridized carbons (Fsp3) is 0.667. The lowest BCUT2D eigenvalue weighted by Crippen LogP contribution is -2.21. The molecule has 6 nitrogen and oxygen atoms in total. The molecule has 108 valence electrons. The highest BCUT2D eigenvalue weighted by Gasteiger charge is 2.17. The summed E-state index contributed by atoms with van der Waals surface area (Å²) in [5.41, 5.74) is 5.86. The molecule has 0 saturated heterocycles. The smallest absolute Gasteiger partial charge is 0.326 e. The molecule has 0 spiro atoms. The zero-order valence-electron chi connectivity index (χ0n) is 11.3. The maximum absolute atomic E-state index is 10.7. The first-order valence-electron chi connectivity index (χ1n) is 6.26. The number of nitrogens with zero attached hydrogens (tertiary/aromatic N) is 1. The monoisotopic (exact) mass is 287 g/mol. The van der Waals surface area contributed by atoms with Crippen molar-refractivity contribution in [2.45, 2.75) is 26.3 Å². The number of nitrogens with two attached hydrogens (primary N) is 1. The van der Waals surface area contributed by atoms with Crippen LogP contribution in [0.5, 0.6) is 0 Å². The summed E-state index contributed by atoms with van der Waals surface area (Å²) in [6.45, 7) is 6.45. The molecular formula is C12H21N3O3S. The van der Waals surface area contributed by atoms with Gasteiger partial charge in [0, 0.05) is 25.1 Å². The van der Waals surface area contributed by atoms with Crippen molar-refractivity contribution in [1.82, 2.24) is 4.98 Å². The zero-order chi connectivity index (χ0) is 14.3. The minimum Gasteiger partial charge on any atom is -0.480 e. The van der Waals surface area contributed by atoms with Crippen molar-refractivity contribution in [2.24, 2.45) is 11.7 Å². The van der Waals surface area contributed by atoms with Crippen LogP contribution in [0.1, 0.15) is 32.0 Å². The first-order chi connectivity index (χ1) is 9.00. The predicted molar refractivity (Wildman–Crippen MR) is 75.4 cm³/mol. The topological polar surface area (TPSA) is 97.5 Å². The average molecular weight is 287 g/mol. The van der Waals surface area contributed by atoms with Crippen LogP contribution >= 0.6 is 11.3 Å². The van der Waals surface area contributed by atoms with Crippen LogP contribution in [0.25, 0.3) is 0 Å². The van der Waals surface area contributed by atoms with Crippen LogP contribution in [0.3, 0.4) is 0 Å². The van der Waals surface area contributed by atoms with Gasteiger partial charge in [-0.1, -0.05) is 13.8 Å². The van der Waals surface area contributed by atoms with Crippen LogP contribution in [-0.4, -0.2) is 35.8 Å². The molecule has 0 aromatic carbocycles. The molecule has 0 aliphatic rings. The largest absolute Gasteiger partial charge is 0.480 e. The van der Waals surface area contributed by atoms with E-state index in [1.54, 1.807) is 5.38 Å². The summed E-state index contributed by atoms with van der Waals surface area (Å²) in [7, 11) is 0. The SMILES string of the molecule is CC(C)COCCCNc1nc(C(N)C(=O)O)cs1. The predicted octanol–water partition coefficient (Wildman–Crippen LogP) is 1.70. The van der Waals surface area contributed by atoms with Crippen molar-refractivity contribution in [1.29, 1.82) is 0 Å².